The molecule has 0 spiro atoms. The van der Waals surface area contributed by atoms with Gasteiger partial charge in [-0.05, 0) is 52.7 Å². The van der Waals surface area contributed by atoms with Crippen molar-refractivity contribution in [1.29, 1.82) is 0 Å². The molecule has 0 bridgehead atoms. The second-order valence-corrected chi connectivity index (χ2v) is 7.69. The summed E-state index contributed by atoms with van der Waals surface area (Å²) in [6, 6.07) is 26.2. The maximum atomic E-state index is 12.6. The van der Waals surface area contributed by atoms with E-state index in [1.165, 1.54) is 0 Å². The number of fused-ring (bicyclic) bond motifs is 1. The number of phenolic OH excluding ortho intramolecular Hbond substituents is 1. The maximum Gasteiger partial charge on any atom is 0.185 e. The predicted octanol–water partition coefficient (Wildman–Crippen LogP) is 6.95. The minimum absolute atomic E-state index is 0.0945. The fourth-order valence-corrected chi connectivity index (χ4v) is 3.40. The highest BCUT2D eigenvalue weighted by molar-refractivity contribution is 9.10. The highest BCUT2D eigenvalue weighted by atomic mass is 79.9. The molecule has 3 nitrogen and oxygen atoms in total. The molecule has 4 heteroatoms. The number of benzene rings is 4. The number of nitrogens with zero attached hydrogens (tertiary/aromatic N) is 1. The summed E-state index contributed by atoms with van der Waals surface area (Å²) in [5.41, 5.74) is 2.80. The quantitative estimate of drug-likeness (QED) is 0.201. The number of hydrogen-bond donors (Lipinski definition) is 1. The lowest BCUT2D eigenvalue weighted by molar-refractivity contribution is 0.104. The molecular weight excluding hydrogens is 438 g/mol. The molecule has 4 aromatic rings. The van der Waals surface area contributed by atoms with E-state index in [1.807, 2.05) is 60.7 Å². The number of aromatic hydroxyl groups is 1. The molecule has 146 valence electrons. The molecule has 0 saturated carbocycles. The van der Waals surface area contributed by atoms with Gasteiger partial charge < -0.3 is 5.11 Å². The first-order valence-electron chi connectivity index (χ1n) is 9.43. The van der Waals surface area contributed by atoms with Gasteiger partial charge in [-0.15, -0.1) is 0 Å². The fraction of sp³-hybridized carbons (Fsp3) is 0. The molecule has 0 aliphatic carbocycles. The van der Waals surface area contributed by atoms with Gasteiger partial charge in [-0.2, -0.15) is 0 Å². The van der Waals surface area contributed by atoms with Crippen molar-refractivity contribution in [2.45, 2.75) is 0 Å². The average Bonchev–Trinajstić information content (AvgIpc) is 2.78. The maximum absolute atomic E-state index is 12.6. The summed E-state index contributed by atoms with van der Waals surface area (Å²) in [6.45, 7) is 0. The van der Waals surface area contributed by atoms with Gasteiger partial charge in [0.05, 0.1) is 5.69 Å². The molecule has 0 aromatic heterocycles. The Balaban J connectivity index is 1.57. The Morgan fingerprint density at radius 3 is 2.53 bits per heavy atom. The smallest absolute Gasteiger partial charge is 0.185 e. The predicted molar refractivity (Wildman–Crippen MR) is 127 cm³/mol. The van der Waals surface area contributed by atoms with Crippen LogP contribution in [0.2, 0.25) is 0 Å². The van der Waals surface area contributed by atoms with E-state index in [4.69, 9.17) is 0 Å². The van der Waals surface area contributed by atoms with Crippen molar-refractivity contribution >= 4 is 50.5 Å². The number of aliphatic imine (C=N–C) groups is 1. The van der Waals surface area contributed by atoms with Crippen LogP contribution in [0.4, 0.5) is 5.69 Å². The Labute approximate surface area is 183 Å². The average molecular weight is 456 g/mol. The first kappa shape index (κ1) is 19.8. The topological polar surface area (TPSA) is 49.7 Å². The Bertz CT molecular complexity index is 1270. The van der Waals surface area contributed by atoms with Gasteiger partial charge in [-0.25, -0.2) is 0 Å². The van der Waals surface area contributed by atoms with E-state index in [-0.39, 0.29) is 11.5 Å². The number of carbonyl (C=O) groups excluding carboxylic acids is 1. The summed E-state index contributed by atoms with van der Waals surface area (Å²) in [7, 11) is 0. The number of hydrogen-bond acceptors (Lipinski definition) is 3. The standard InChI is InChI=1S/C26H18BrNO2/c27-21-12-8-18(9-13-21)10-14-25(29)20-5-3-6-22(16-20)28-17-24-23-7-2-1-4-19(23)11-15-26(24)30/h1-17,30H. The third kappa shape index (κ3) is 4.56. The molecular formula is C26H18BrNO2. The zero-order valence-corrected chi connectivity index (χ0v) is 17.6. The summed E-state index contributed by atoms with van der Waals surface area (Å²) < 4.78 is 0.994. The molecule has 0 radical (unpaired) electrons. The lowest BCUT2D eigenvalue weighted by Gasteiger charge is -2.05. The van der Waals surface area contributed by atoms with Gasteiger partial charge in [0.1, 0.15) is 5.75 Å². The summed E-state index contributed by atoms with van der Waals surface area (Å²) in [5, 5.41) is 12.2. The summed E-state index contributed by atoms with van der Waals surface area (Å²) in [6.07, 6.45) is 4.99. The number of allylic oxidation sites excluding steroid dienone is 1. The van der Waals surface area contributed by atoms with Gasteiger partial charge in [-0.3, -0.25) is 9.79 Å². The normalized spacial score (nSPS) is 11.5. The Kier molecular flexibility index (Phi) is 5.87. The van der Waals surface area contributed by atoms with Crippen molar-refractivity contribution in [3.8, 4) is 5.75 Å². The van der Waals surface area contributed by atoms with Crippen LogP contribution in [0.5, 0.6) is 5.75 Å². The zero-order chi connectivity index (χ0) is 20.9. The molecule has 4 rings (SSSR count). The van der Waals surface area contributed by atoms with Crippen molar-refractivity contribution in [3.05, 3.63) is 112 Å². The first-order valence-corrected chi connectivity index (χ1v) is 10.2. The molecule has 0 heterocycles. The van der Waals surface area contributed by atoms with Crippen LogP contribution in [0, 0.1) is 0 Å². The Morgan fingerprint density at radius 2 is 1.70 bits per heavy atom. The van der Waals surface area contributed by atoms with E-state index < -0.39 is 0 Å². The number of rotatable bonds is 5. The molecule has 1 N–H and O–H groups in total. The van der Waals surface area contributed by atoms with Gasteiger partial charge in [0, 0.05) is 21.8 Å². The minimum Gasteiger partial charge on any atom is -0.507 e. The molecule has 0 fully saturated rings. The largest absolute Gasteiger partial charge is 0.507 e. The second kappa shape index (κ2) is 8.89. The van der Waals surface area contributed by atoms with Crippen molar-refractivity contribution < 1.29 is 9.90 Å². The number of halogens is 1. The highest BCUT2D eigenvalue weighted by Gasteiger charge is 2.06. The zero-order valence-electron chi connectivity index (χ0n) is 16.0. The van der Waals surface area contributed by atoms with E-state index in [0.29, 0.717) is 16.8 Å². The lowest BCUT2D eigenvalue weighted by Crippen LogP contribution is -1.93. The van der Waals surface area contributed by atoms with E-state index in [0.717, 1.165) is 20.8 Å². The van der Waals surface area contributed by atoms with Gasteiger partial charge in [-0.1, -0.05) is 76.6 Å². The van der Waals surface area contributed by atoms with Crippen LogP contribution < -0.4 is 0 Å². The van der Waals surface area contributed by atoms with E-state index in [9.17, 15) is 9.90 Å². The van der Waals surface area contributed by atoms with Crippen molar-refractivity contribution in [2.75, 3.05) is 0 Å². The monoisotopic (exact) mass is 455 g/mol. The molecule has 0 atom stereocenters. The van der Waals surface area contributed by atoms with E-state index in [1.54, 1.807) is 42.6 Å². The molecule has 30 heavy (non-hydrogen) atoms. The van der Waals surface area contributed by atoms with Crippen LogP contribution >= 0.6 is 15.9 Å². The van der Waals surface area contributed by atoms with Crippen LogP contribution in [0.15, 0.2) is 100 Å². The van der Waals surface area contributed by atoms with Crippen LogP contribution in [0.25, 0.3) is 16.8 Å². The minimum atomic E-state index is -0.0945. The fourth-order valence-electron chi connectivity index (χ4n) is 3.14. The number of ketones is 1. The van der Waals surface area contributed by atoms with Crippen molar-refractivity contribution in [1.82, 2.24) is 0 Å². The summed E-state index contributed by atoms with van der Waals surface area (Å²) in [5.74, 6) is 0.0742. The van der Waals surface area contributed by atoms with E-state index in [2.05, 4.69) is 20.9 Å². The molecule has 4 aromatic carbocycles. The van der Waals surface area contributed by atoms with Crippen molar-refractivity contribution in [2.24, 2.45) is 4.99 Å². The molecule has 0 aliphatic heterocycles. The van der Waals surface area contributed by atoms with Gasteiger partial charge >= 0.3 is 0 Å². The first-order chi connectivity index (χ1) is 14.6. The Morgan fingerprint density at radius 1 is 0.900 bits per heavy atom. The van der Waals surface area contributed by atoms with Crippen LogP contribution in [-0.4, -0.2) is 17.1 Å². The molecule has 0 aliphatic rings. The third-order valence-electron chi connectivity index (χ3n) is 4.72. The second-order valence-electron chi connectivity index (χ2n) is 6.78. The number of carbonyl (C=O) groups is 1. The molecule has 0 saturated heterocycles. The van der Waals surface area contributed by atoms with Crippen molar-refractivity contribution in [3.63, 3.8) is 0 Å². The lowest BCUT2D eigenvalue weighted by atomic mass is 10.0. The van der Waals surface area contributed by atoms with Gasteiger partial charge in [0.15, 0.2) is 5.78 Å². The van der Waals surface area contributed by atoms with Crippen LogP contribution in [0.1, 0.15) is 21.5 Å². The van der Waals surface area contributed by atoms with Crippen LogP contribution in [-0.2, 0) is 0 Å². The highest BCUT2D eigenvalue weighted by Crippen LogP contribution is 2.26. The van der Waals surface area contributed by atoms with Gasteiger partial charge in [0.25, 0.3) is 0 Å². The summed E-state index contributed by atoms with van der Waals surface area (Å²) in [4.78, 5) is 17.0. The molecule has 0 unspecified atom stereocenters. The third-order valence-corrected chi connectivity index (χ3v) is 5.25. The van der Waals surface area contributed by atoms with Gasteiger partial charge in [0.2, 0.25) is 0 Å². The van der Waals surface area contributed by atoms with Crippen LogP contribution in [0.3, 0.4) is 0 Å². The Hall–Kier alpha value is -3.50. The van der Waals surface area contributed by atoms with E-state index >= 15 is 0 Å². The summed E-state index contributed by atoms with van der Waals surface area (Å²) >= 11 is 3.40. The number of phenols is 1. The molecule has 0 amide bonds. The SMILES string of the molecule is O=C(C=Cc1ccc(Br)cc1)c1cccc(N=Cc2c(O)ccc3ccccc23)c1.